The third-order valence-electron chi connectivity index (χ3n) is 2.72. The van der Waals surface area contributed by atoms with Crippen LogP contribution in [0.5, 0.6) is 0 Å². The minimum atomic E-state index is -3.87. The molecular formula is C11H14N2O4S. The summed E-state index contributed by atoms with van der Waals surface area (Å²) in [5, 5.41) is 9.30. The lowest BCUT2D eigenvalue weighted by molar-refractivity contribution is 0.0979. The number of carbonyl (C=O) groups excluding carboxylic acids is 1. The molecule has 18 heavy (non-hydrogen) atoms. The second-order valence-corrected chi connectivity index (χ2v) is 5.77. The Bertz CT molecular complexity index is 529. The fourth-order valence-electron chi connectivity index (χ4n) is 1.76. The van der Waals surface area contributed by atoms with Crippen molar-refractivity contribution >= 4 is 16.1 Å². The van der Waals surface area contributed by atoms with E-state index in [1.165, 1.54) is 12.1 Å². The Kier molecular flexibility index (Phi) is 3.65. The molecule has 1 saturated heterocycles. The van der Waals surface area contributed by atoms with Gasteiger partial charge < -0.3 is 5.11 Å². The van der Waals surface area contributed by atoms with Crippen LogP contribution in [0.25, 0.3) is 0 Å². The number of hydrogen-bond donors (Lipinski definition) is 2. The van der Waals surface area contributed by atoms with Crippen LogP contribution in [-0.2, 0) is 10.2 Å². The highest BCUT2D eigenvalue weighted by atomic mass is 32.2. The van der Waals surface area contributed by atoms with Crippen LogP contribution in [0.1, 0.15) is 16.8 Å². The molecule has 2 N–H and O–H groups in total. The lowest BCUT2D eigenvalue weighted by Crippen LogP contribution is -2.42. The molecule has 1 aromatic rings. The van der Waals surface area contributed by atoms with E-state index in [-0.39, 0.29) is 18.7 Å². The van der Waals surface area contributed by atoms with E-state index < -0.39 is 22.2 Å². The number of rotatable bonds is 3. The zero-order valence-electron chi connectivity index (χ0n) is 9.61. The van der Waals surface area contributed by atoms with Crippen LogP contribution in [0.4, 0.5) is 0 Å². The Labute approximate surface area is 105 Å². The summed E-state index contributed by atoms with van der Waals surface area (Å²) in [5.41, 5.74) is 0.279. The molecule has 98 valence electrons. The first-order chi connectivity index (χ1) is 8.49. The van der Waals surface area contributed by atoms with Crippen molar-refractivity contribution in [1.82, 2.24) is 9.03 Å². The number of β-amino-alcohol motifs (C(OH)–C–C–N with tert-alkyl or cyclic N) is 1. The number of carbonyl (C=O) groups is 1. The number of aliphatic hydroxyl groups is 1. The first-order valence-electron chi connectivity index (χ1n) is 5.54. The highest BCUT2D eigenvalue weighted by molar-refractivity contribution is 7.87. The normalized spacial score (nSPS) is 20.8. The van der Waals surface area contributed by atoms with E-state index in [9.17, 15) is 18.3 Å². The predicted molar refractivity (Wildman–Crippen MR) is 65.0 cm³/mol. The van der Waals surface area contributed by atoms with Gasteiger partial charge in [0.2, 0.25) is 0 Å². The molecule has 0 aromatic heterocycles. The highest BCUT2D eigenvalue weighted by Gasteiger charge is 2.31. The maximum Gasteiger partial charge on any atom is 0.304 e. The third-order valence-corrected chi connectivity index (χ3v) is 4.18. The summed E-state index contributed by atoms with van der Waals surface area (Å²) in [5.74, 6) is -0.669. The summed E-state index contributed by atoms with van der Waals surface area (Å²) < 4.78 is 26.7. The largest absolute Gasteiger partial charge is 0.392 e. The minimum absolute atomic E-state index is 0.0252. The van der Waals surface area contributed by atoms with Crippen LogP contribution in [0.3, 0.4) is 0 Å². The van der Waals surface area contributed by atoms with Crippen LogP contribution < -0.4 is 4.72 Å². The molecule has 1 amide bonds. The van der Waals surface area contributed by atoms with Gasteiger partial charge in [-0.05, 0) is 18.6 Å². The lowest BCUT2D eigenvalue weighted by atomic mass is 10.2. The molecule has 2 rings (SSSR count). The summed E-state index contributed by atoms with van der Waals surface area (Å²) in [7, 11) is -3.87. The molecule has 1 heterocycles. The predicted octanol–water partition coefficient (Wildman–Crippen LogP) is -0.272. The van der Waals surface area contributed by atoms with Crippen molar-refractivity contribution < 1.29 is 18.3 Å². The molecule has 1 fully saturated rings. The SMILES string of the molecule is O=C(NS(=O)(=O)N1CCC(O)C1)c1ccccc1. The molecule has 7 heteroatoms. The number of nitrogens with zero attached hydrogens (tertiary/aromatic N) is 1. The van der Waals surface area contributed by atoms with Gasteiger partial charge in [0.15, 0.2) is 0 Å². The Hall–Kier alpha value is -1.44. The fraction of sp³-hybridized carbons (Fsp3) is 0.364. The van der Waals surface area contributed by atoms with Gasteiger partial charge in [-0.2, -0.15) is 12.7 Å². The molecule has 0 spiro atoms. The second-order valence-electron chi connectivity index (χ2n) is 4.10. The van der Waals surface area contributed by atoms with Gasteiger partial charge in [-0.25, -0.2) is 4.72 Å². The molecule has 0 radical (unpaired) electrons. The van der Waals surface area contributed by atoms with E-state index in [0.717, 1.165) is 4.31 Å². The van der Waals surface area contributed by atoms with Gasteiger partial charge in [-0.15, -0.1) is 0 Å². The van der Waals surface area contributed by atoms with Crippen molar-refractivity contribution in [3.8, 4) is 0 Å². The molecule has 6 nitrogen and oxygen atoms in total. The fourth-order valence-corrected chi connectivity index (χ4v) is 2.95. The van der Waals surface area contributed by atoms with E-state index >= 15 is 0 Å². The van der Waals surface area contributed by atoms with Crippen molar-refractivity contribution in [1.29, 1.82) is 0 Å². The molecule has 0 bridgehead atoms. The van der Waals surface area contributed by atoms with Crippen molar-refractivity contribution in [2.75, 3.05) is 13.1 Å². The maximum atomic E-state index is 11.8. The first-order valence-corrected chi connectivity index (χ1v) is 6.98. The average Bonchev–Trinajstić information content (AvgIpc) is 2.77. The lowest BCUT2D eigenvalue weighted by Gasteiger charge is -2.16. The average molecular weight is 270 g/mol. The van der Waals surface area contributed by atoms with Gasteiger partial charge in [0, 0.05) is 18.7 Å². The monoisotopic (exact) mass is 270 g/mol. The summed E-state index contributed by atoms with van der Waals surface area (Å²) in [6, 6.07) is 8.11. The Balaban J connectivity index is 2.07. The van der Waals surface area contributed by atoms with Gasteiger partial charge in [-0.1, -0.05) is 18.2 Å². The number of aliphatic hydroxyl groups excluding tert-OH is 1. The standard InChI is InChI=1S/C11H14N2O4S/c14-10-6-7-13(8-10)18(16,17)12-11(15)9-4-2-1-3-5-9/h1-5,10,14H,6-8H2,(H,12,15). The van der Waals surface area contributed by atoms with E-state index in [2.05, 4.69) is 0 Å². The Morgan fingerprint density at radius 1 is 1.33 bits per heavy atom. The maximum absolute atomic E-state index is 11.8. The van der Waals surface area contributed by atoms with Crippen LogP contribution in [0, 0.1) is 0 Å². The zero-order valence-corrected chi connectivity index (χ0v) is 10.4. The van der Waals surface area contributed by atoms with Crippen LogP contribution >= 0.6 is 0 Å². The Morgan fingerprint density at radius 2 is 2.00 bits per heavy atom. The molecule has 1 unspecified atom stereocenters. The molecule has 1 aliphatic rings. The summed E-state index contributed by atoms with van der Waals surface area (Å²) in [6.45, 7) is 0.246. The summed E-state index contributed by atoms with van der Waals surface area (Å²) >= 11 is 0. The topological polar surface area (TPSA) is 86.7 Å². The van der Waals surface area contributed by atoms with Crippen LogP contribution in [-0.4, -0.2) is 42.9 Å². The van der Waals surface area contributed by atoms with Gasteiger partial charge >= 0.3 is 10.2 Å². The van der Waals surface area contributed by atoms with Crippen molar-refractivity contribution in [3.63, 3.8) is 0 Å². The molecule has 1 atom stereocenters. The smallest absolute Gasteiger partial charge is 0.304 e. The first kappa shape index (κ1) is 13.0. The molecule has 1 aliphatic heterocycles. The number of amides is 1. The van der Waals surface area contributed by atoms with Crippen LogP contribution in [0.2, 0.25) is 0 Å². The van der Waals surface area contributed by atoms with Crippen molar-refractivity contribution in [2.45, 2.75) is 12.5 Å². The van der Waals surface area contributed by atoms with Gasteiger partial charge in [-0.3, -0.25) is 4.79 Å². The van der Waals surface area contributed by atoms with Crippen molar-refractivity contribution in [3.05, 3.63) is 35.9 Å². The quantitative estimate of drug-likeness (QED) is 0.791. The zero-order chi connectivity index (χ0) is 13.2. The minimum Gasteiger partial charge on any atom is -0.392 e. The Morgan fingerprint density at radius 3 is 2.56 bits per heavy atom. The number of benzene rings is 1. The molecule has 0 saturated carbocycles. The summed E-state index contributed by atoms with van der Waals surface area (Å²) in [6.07, 6.45) is -0.270. The number of hydrogen-bond acceptors (Lipinski definition) is 4. The molecular weight excluding hydrogens is 256 g/mol. The highest BCUT2D eigenvalue weighted by Crippen LogP contribution is 2.12. The van der Waals surface area contributed by atoms with Gasteiger partial charge in [0.05, 0.1) is 6.10 Å². The van der Waals surface area contributed by atoms with E-state index in [1.807, 2.05) is 4.72 Å². The van der Waals surface area contributed by atoms with E-state index in [0.29, 0.717) is 6.42 Å². The van der Waals surface area contributed by atoms with E-state index in [1.54, 1.807) is 18.2 Å². The number of nitrogens with one attached hydrogen (secondary N) is 1. The molecule has 1 aromatic carbocycles. The van der Waals surface area contributed by atoms with E-state index in [4.69, 9.17) is 0 Å². The second kappa shape index (κ2) is 5.05. The van der Waals surface area contributed by atoms with Gasteiger partial charge in [0.1, 0.15) is 0 Å². The van der Waals surface area contributed by atoms with Gasteiger partial charge in [0.25, 0.3) is 5.91 Å². The van der Waals surface area contributed by atoms with Crippen LogP contribution in [0.15, 0.2) is 30.3 Å². The van der Waals surface area contributed by atoms with Crippen molar-refractivity contribution in [2.24, 2.45) is 0 Å². The third kappa shape index (κ3) is 2.87. The molecule has 0 aliphatic carbocycles. The summed E-state index contributed by atoms with van der Waals surface area (Å²) in [4.78, 5) is 11.7.